The molecule has 3 amide bonds. The molecule has 0 saturated carbocycles. The molecule has 6 rings (SSSR count). The molecule has 4 aromatic rings. The van der Waals surface area contributed by atoms with Crippen molar-refractivity contribution in [3.63, 3.8) is 0 Å². The second-order valence-corrected chi connectivity index (χ2v) is 12.1. The number of amides is 3. The van der Waals surface area contributed by atoms with Crippen molar-refractivity contribution in [1.82, 2.24) is 4.98 Å². The highest BCUT2D eigenvalue weighted by Crippen LogP contribution is 2.53. The Bertz CT molecular complexity index is 1820. The summed E-state index contributed by atoms with van der Waals surface area (Å²) in [6, 6.07) is 18.2. The van der Waals surface area contributed by atoms with Crippen LogP contribution in [0, 0.1) is 11.7 Å². The zero-order valence-electron chi connectivity index (χ0n) is 23.1. The van der Waals surface area contributed by atoms with Crippen LogP contribution in [0.1, 0.15) is 33.6 Å². The van der Waals surface area contributed by atoms with Gasteiger partial charge in [-0.25, -0.2) is 14.1 Å². The fourth-order valence-corrected chi connectivity index (χ4v) is 7.78. The Morgan fingerprint density at radius 3 is 2.48 bits per heavy atom. The van der Waals surface area contributed by atoms with Crippen molar-refractivity contribution in [2.75, 3.05) is 23.4 Å². The lowest BCUT2D eigenvalue weighted by Gasteiger charge is -2.30. The van der Waals surface area contributed by atoms with Gasteiger partial charge in [0.15, 0.2) is 6.61 Å². The highest BCUT2D eigenvalue weighted by Gasteiger charge is 2.56. The Balaban J connectivity index is 1.21. The summed E-state index contributed by atoms with van der Waals surface area (Å²) in [6.07, 6.45) is 0. The number of nitrogens with one attached hydrogen (secondary N) is 2. The zero-order valence-corrected chi connectivity index (χ0v) is 24.7. The molecule has 13 heteroatoms. The van der Waals surface area contributed by atoms with Gasteiger partial charge in [0.25, 0.3) is 5.91 Å². The van der Waals surface area contributed by atoms with Gasteiger partial charge in [-0.1, -0.05) is 35.2 Å². The predicted octanol–water partition coefficient (Wildman–Crippen LogP) is 4.57. The van der Waals surface area contributed by atoms with Crippen molar-refractivity contribution in [2.24, 2.45) is 5.92 Å². The van der Waals surface area contributed by atoms with Crippen LogP contribution >= 0.6 is 23.1 Å². The van der Waals surface area contributed by atoms with Gasteiger partial charge in [-0.3, -0.25) is 19.2 Å². The molecule has 3 aromatic carbocycles. The molecule has 3 atom stereocenters. The Kier molecular flexibility index (Phi) is 8.06. The van der Waals surface area contributed by atoms with Gasteiger partial charge in [0.1, 0.15) is 16.8 Å². The fraction of sp³-hybridized carbons (Fsp3) is 0.194. The van der Waals surface area contributed by atoms with E-state index in [-0.39, 0.29) is 23.8 Å². The SMILES string of the molecule is CCOC(=O)c1ccc(NC(=O)COc2cccc([C@@H]3c4sc(=O)[nH]c4S[C@H]4C(=O)N(c5ccc(F)cc5)C(=O)[C@@H]34)c2)cc1. The third-order valence-corrected chi connectivity index (χ3v) is 9.58. The maximum Gasteiger partial charge on any atom is 0.338 e. The van der Waals surface area contributed by atoms with Crippen molar-refractivity contribution in [2.45, 2.75) is 23.1 Å². The molecule has 3 heterocycles. The van der Waals surface area contributed by atoms with Crippen LogP contribution in [0.2, 0.25) is 0 Å². The first-order chi connectivity index (χ1) is 21.2. The Hall–Kier alpha value is -4.75. The topological polar surface area (TPSA) is 135 Å². The number of anilines is 2. The number of aromatic amines is 1. The van der Waals surface area contributed by atoms with Gasteiger partial charge >= 0.3 is 10.8 Å². The number of aromatic nitrogens is 1. The van der Waals surface area contributed by atoms with E-state index in [1.54, 1.807) is 55.5 Å². The maximum absolute atomic E-state index is 13.8. The summed E-state index contributed by atoms with van der Waals surface area (Å²) in [4.78, 5) is 68.3. The fourth-order valence-electron chi connectivity index (χ4n) is 5.27. The van der Waals surface area contributed by atoms with Crippen molar-refractivity contribution < 1.29 is 33.0 Å². The first-order valence-corrected chi connectivity index (χ1v) is 15.3. The second kappa shape index (κ2) is 12.1. The van der Waals surface area contributed by atoms with E-state index in [0.29, 0.717) is 32.5 Å². The number of thioether (sulfide) groups is 1. The summed E-state index contributed by atoms with van der Waals surface area (Å²) in [7, 11) is 0. The van der Waals surface area contributed by atoms with Crippen molar-refractivity contribution in [3.05, 3.63) is 104 Å². The van der Waals surface area contributed by atoms with E-state index in [4.69, 9.17) is 9.47 Å². The molecule has 0 spiro atoms. The molecular weight excluding hydrogens is 609 g/mol. The molecule has 0 bridgehead atoms. The maximum atomic E-state index is 13.8. The highest BCUT2D eigenvalue weighted by molar-refractivity contribution is 8.00. The summed E-state index contributed by atoms with van der Waals surface area (Å²) in [6.45, 7) is 1.65. The van der Waals surface area contributed by atoms with E-state index in [1.165, 1.54) is 24.3 Å². The number of esters is 1. The molecule has 1 aromatic heterocycles. The van der Waals surface area contributed by atoms with Gasteiger partial charge in [-0.15, -0.1) is 0 Å². The first kappa shape index (κ1) is 29.3. The number of rotatable bonds is 8. The van der Waals surface area contributed by atoms with Gasteiger partial charge in [-0.2, -0.15) is 0 Å². The minimum atomic E-state index is -0.826. The monoisotopic (exact) mass is 633 g/mol. The molecule has 1 saturated heterocycles. The summed E-state index contributed by atoms with van der Waals surface area (Å²) in [5.41, 5.74) is 1.73. The number of thiazole rings is 1. The van der Waals surface area contributed by atoms with Gasteiger partial charge < -0.3 is 19.8 Å². The number of halogens is 1. The Morgan fingerprint density at radius 2 is 1.75 bits per heavy atom. The van der Waals surface area contributed by atoms with Crippen LogP contribution in [0.5, 0.6) is 5.75 Å². The smallest absolute Gasteiger partial charge is 0.338 e. The molecule has 2 aliphatic rings. The van der Waals surface area contributed by atoms with Crippen LogP contribution in [0.25, 0.3) is 0 Å². The normalized spacial score (nSPS) is 18.9. The minimum Gasteiger partial charge on any atom is -0.484 e. The number of fused-ring (bicyclic) bond motifs is 2. The summed E-state index contributed by atoms with van der Waals surface area (Å²) in [5.74, 6) is -3.40. The third kappa shape index (κ3) is 5.63. The van der Waals surface area contributed by atoms with E-state index in [9.17, 15) is 28.4 Å². The van der Waals surface area contributed by atoms with Gasteiger partial charge in [0, 0.05) is 16.5 Å². The molecular formula is C31H24FN3O7S2. The standard InChI is InChI=1S/C31H24FN3O7S2/c1-2-41-30(39)16-6-10-19(11-7-16)33-22(36)15-42-21-5-3-4-17(14-21)23-24-26(43-27-25(23)44-31(40)34-27)29(38)35(28(24)37)20-12-8-18(32)9-13-20/h3-14,23-24,26H,2,15H2,1H3,(H,33,36)(H,34,40)/t23-,24-,26+/m0/s1. The Labute approximate surface area is 258 Å². The molecule has 2 aliphatic heterocycles. The zero-order chi connectivity index (χ0) is 31.0. The van der Waals surface area contributed by atoms with Gasteiger partial charge in [-0.05, 0) is 73.2 Å². The average molecular weight is 634 g/mol. The van der Waals surface area contributed by atoms with Crippen LogP contribution in [-0.4, -0.2) is 47.1 Å². The van der Waals surface area contributed by atoms with E-state index >= 15 is 0 Å². The number of carbonyl (C=O) groups excluding carboxylic acids is 4. The second-order valence-electron chi connectivity index (χ2n) is 9.95. The average Bonchev–Trinajstić information content (AvgIpc) is 3.51. The first-order valence-electron chi connectivity index (χ1n) is 13.6. The van der Waals surface area contributed by atoms with E-state index < -0.39 is 46.6 Å². The van der Waals surface area contributed by atoms with Crippen LogP contribution in [0.3, 0.4) is 0 Å². The lowest BCUT2D eigenvalue weighted by atomic mass is 9.83. The quantitative estimate of drug-likeness (QED) is 0.213. The molecule has 224 valence electrons. The van der Waals surface area contributed by atoms with Crippen molar-refractivity contribution in [3.8, 4) is 5.75 Å². The molecule has 2 N–H and O–H groups in total. The highest BCUT2D eigenvalue weighted by atomic mass is 32.2. The number of carbonyl (C=O) groups is 4. The Morgan fingerprint density at radius 1 is 1.00 bits per heavy atom. The summed E-state index contributed by atoms with van der Waals surface area (Å²) >= 11 is 2.12. The predicted molar refractivity (Wildman–Crippen MR) is 162 cm³/mol. The largest absolute Gasteiger partial charge is 0.484 e. The van der Waals surface area contributed by atoms with Crippen LogP contribution in [0.15, 0.2) is 82.6 Å². The molecule has 0 aliphatic carbocycles. The van der Waals surface area contributed by atoms with Crippen LogP contribution in [0.4, 0.5) is 15.8 Å². The van der Waals surface area contributed by atoms with Crippen LogP contribution in [-0.2, 0) is 19.1 Å². The molecule has 0 radical (unpaired) electrons. The molecule has 0 unspecified atom stereocenters. The van der Waals surface area contributed by atoms with Crippen molar-refractivity contribution >= 4 is 58.2 Å². The summed E-state index contributed by atoms with van der Waals surface area (Å²) < 4.78 is 24.3. The number of ether oxygens (including phenoxy) is 2. The number of hydrogen-bond donors (Lipinski definition) is 2. The van der Waals surface area contributed by atoms with E-state index in [1.807, 2.05) is 0 Å². The third-order valence-electron chi connectivity index (χ3n) is 7.18. The number of hydrogen-bond acceptors (Lipinski definition) is 9. The van der Waals surface area contributed by atoms with Crippen LogP contribution < -0.4 is 19.8 Å². The lowest BCUT2D eigenvalue weighted by Crippen LogP contribution is -2.32. The minimum absolute atomic E-state index is 0.256. The van der Waals surface area contributed by atoms with E-state index in [2.05, 4.69) is 10.3 Å². The van der Waals surface area contributed by atoms with E-state index in [0.717, 1.165) is 28.0 Å². The molecule has 44 heavy (non-hydrogen) atoms. The number of H-pyrrole nitrogens is 1. The number of nitrogens with zero attached hydrogens (tertiary/aromatic N) is 1. The van der Waals surface area contributed by atoms with Gasteiger partial charge in [0.05, 0.1) is 28.8 Å². The number of benzene rings is 3. The molecule has 10 nitrogen and oxygen atoms in total. The molecule has 1 fully saturated rings. The van der Waals surface area contributed by atoms with Gasteiger partial charge in [0.2, 0.25) is 11.8 Å². The summed E-state index contributed by atoms with van der Waals surface area (Å²) in [5, 5.41) is 2.42. The lowest BCUT2D eigenvalue weighted by molar-refractivity contribution is -0.122. The number of imide groups is 1. The van der Waals surface area contributed by atoms with Crippen molar-refractivity contribution in [1.29, 1.82) is 0 Å².